The molecule has 0 atom stereocenters. The Morgan fingerprint density at radius 2 is 2.07 bits per heavy atom. The number of benzene rings is 1. The van der Waals surface area contributed by atoms with Crippen molar-refractivity contribution in [2.24, 2.45) is 16.5 Å². The first-order valence-corrected chi connectivity index (χ1v) is 4.41. The minimum Gasteiger partial charge on any atom is -0.507 e. The first kappa shape index (κ1) is 13.5. The molecule has 0 bridgehead atoms. The third-order valence-electron chi connectivity index (χ3n) is 1.46. The Hall–Kier alpha value is -0.500. The normalized spacial score (nSPS) is 8.93. The summed E-state index contributed by atoms with van der Waals surface area (Å²) in [5, 5.41) is 9.19. The molecule has 4 nitrogen and oxygen atoms in total. The van der Waals surface area contributed by atoms with E-state index in [1.54, 1.807) is 18.2 Å². The smallest absolute Gasteiger partial charge is 0.186 e. The van der Waals surface area contributed by atoms with Crippen LogP contribution >= 0.6 is 39.9 Å². The van der Waals surface area contributed by atoms with Crippen LogP contribution in [0.3, 0.4) is 0 Å². The van der Waals surface area contributed by atoms with E-state index in [1.807, 2.05) is 0 Å². The molecular formula is C8H11BrIN3O. The second kappa shape index (κ2) is 6.07. The van der Waals surface area contributed by atoms with E-state index in [1.165, 1.54) is 0 Å². The number of phenols is 1. The van der Waals surface area contributed by atoms with Crippen molar-refractivity contribution in [2.75, 3.05) is 0 Å². The molecule has 78 valence electrons. The highest BCUT2D eigenvalue weighted by molar-refractivity contribution is 14.0. The van der Waals surface area contributed by atoms with Crippen LogP contribution in [0.5, 0.6) is 5.75 Å². The SMILES string of the molecule is I.NC(N)=NCc1ccc(O)c(Br)c1. The van der Waals surface area contributed by atoms with Crippen LogP contribution in [0.15, 0.2) is 27.7 Å². The summed E-state index contributed by atoms with van der Waals surface area (Å²) in [6.07, 6.45) is 0. The highest BCUT2D eigenvalue weighted by Gasteiger charge is 1.98. The predicted molar refractivity (Wildman–Crippen MR) is 70.7 cm³/mol. The van der Waals surface area contributed by atoms with Crippen molar-refractivity contribution in [3.05, 3.63) is 28.2 Å². The lowest BCUT2D eigenvalue weighted by atomic mass is 10.2. The highest BCUT2D eigenvalue weighted by atomic mass is 127. The fourth-order valence-corrected chi connectivity index (χ4v) is 1.26. The maximum absolute atomic E-state index is 9.19. The van der Waals surface area contributed by atoms with Crippen molar-refractivity contribution in [1.82, 2.24) is 0 Å². The molecule has 0 aliphatic carbocycles. The van der Waals surface area contributed by atoms with E-state index in [0.717, 1.165) is 5.56 Å². The van der Waals surface area contributed by atoms with Crippen LogP contribution in [0, 0.1) is 0 Å². The van der Waals surface area contributed by atoms with Gasteiger partial charge in [0.2, 0.25) is 0 Å². The van der Waals surface area contributed by atoms with Gasteiger partial charge in [0.25, 0.3) is 0 Å². The molecule has 0 heterocycles. The molecule has 0 radical (unpaired) electrons. The van der Waals surface area contributed by atoms with Crippen LogP contribution in [0.1, 0.15) is 5.56 Å². The zero-order valence-electron chi connectivity index (χ0n) is 7.27. The van der Waals surface area contributed by atoms with Gasteiger partial charge in [-0.1, -0.05) is 6.07 Å². The van der Waals surface area contributed by atoms with Crippen LogP contribution < -0.4 is 11.5 Å². The van der Waals surface area contributed by atoms with E-state index >= 15 is 0 Å². The monoisotopic (exact) mass is 371 g/mol. The molecule has 0 aromatic heterocycles. The van der Waals surface area contributed by atoms with Crippen LogP contribution in [0.2, 0.25) is 0 Å². The lowest BCUT2D eigenvalue weighted by molar-refractivity contribution is 0.471. The van der Waals surface area contributed by atoms with Gasteiger partial charge in [0, 0.05) is 0 Å². The Labute approximate surface area is 108 Å². The maximum Gasteiger partial charge on any atom is 0.186 e. The number of hydrogen-bond donors (Lipinski definition) is 3. The predicted octanol–water partition coefficient (Wildman–Crippen LogP) is 1.55. The number of rotatable bonds is 2. The van der Waals surface area contributed by atoms with Gasteiger partial charge in [-0.15, -0.1) is 24.0 Å². The largest absolute Gasteiger partial charge is 0.507 e. The third kappa shape index (κ3) is 4.14. The van der Waals surface area contributed by atoms with E-state index in [2.05, 4.69) is 20.9 Å². The minimum absolute atomic E-state index is 0. The summed E-state index contributed by atoms with van der Waals surface area (Å²) in [6.45, 7) is 0.418. The second-order valence-electron chi connectivity index (χ2n) is 2.53. The van der Waals surface area contributed by atoms with Crippen LogP contribution in [0.4, 0.5) is 0 Å². The Balaban J connectivity index is 0.00000169. The van der Waals surface area contributed by atoms with E-state index in [4.69, 9.17) is 11.5 Å². The number of guanidine groups is 1. The van der Waals surface area contributed by atoms with Gasteiger partial charge < -0.3 is 16.6 Å². The molecule has 0 spiro atoms. The van der Waals surface area contributed by atoms with Gasteiger partial charge >= 0.3 is 0 Å². The van der Waals surface area contributed by atoms with Crippen LogP contribution in [-0.4, -0.2) is 11.1 Å². The first-order chi connectivity index (χ1) is 6.09. The van der Waals surface area contributed by atoms with Crippen molar-refractivity contribution in [1.29, 1.82) is 0 Å². The quantitative estimate of drug-likeness (QED) is 0.419. The number of nitrogens with two attached hydrogens (primary N) is 2. The number of aromatic hydroxyl groups is 1. The van der Waals surface area contributed by atoms with Gasteiger partial charge in [0.05, 0.1) is 11.0 Å². The molecule has 0 aliphatic rings. The summed E-state index contributed by atoms with van der Waals surface area (Å²) in [7, 11) is 0. The van der Waals surface area contributed by atoms with Gasteiger partial charge in [-0.3, -0.25) is 0 Å². The van der Waals surface area contributed by atoms with Crippen LogP contribution in [-0.2, 0) is 6.54 Å². The fourth-order valence-electron chi connectivity index (χ4n) is 0.831. The van der Waals surface area contributed by atoms with Crippen molar-refractivity contribution in [3.8, 4) is 5.75 Å². The Kier molecular flexibility index (Phi) is 5.86. The van der Waals surface area contributed by atoms with E-state index in [0.29, 0.717) is 11.0 Å². The molecule has 1 rings (SSSR count). The molecule has 0 unspecified atom stereocenters. The number of hydrogen-bond acceptors (Lipinski definition) is 2. The van der Waals surface area contributed by atoms with E-state index in [-0.39, 0.29) is 35.7 Å². The Bertz CT molecular complexity index is 339. The average molecular weight is 372 g/mol. The first-order valence-electron chi connectivity index (χ1n) is 3.62. The van der Waals surface area contributed by atoms with Gasteiger partial charge in [-0.05, 0) is 33.6 Å². The summed E-state index contributed by atoms with van der Waals surface area (Å²) >= 11 is 3.19. The fraction of sp³-hybridized carbons (Fsp3) is 0.125. The summed E-state index contributed by atoms with van der Waals surface area (Å²) in [5.41, 5.74) is 11.3. The summed E-state index contributed by atoms with van der Waals surface area (Å²) in [6, 6.07) is 5.11. The second-order valence-corrected chi connectivity index (χ2v) is 3.38. The number of phenolic OH excluding ortho intramolecular Hbond substituents is 1. The highest BCUT2D eigenvalue weighted by Crippen LogP contribution is 2.24. The molecule has 6 heteroatoms. The zero-order chi connectivity index (χ0) is 9.84. The molecule has 5 N–H and O–H groups in total. The third-order valence-corrected chi connectivity index (χ3v) is 2.09. The number of halogens is 2. The Morgan fingerprint density at radius 3 is 2.57 bits per heavy atom. The van der Waals surface area contributed by atoms with Gasteiger partial charge in [-0.2, -0.15) is 0 Å². The van der Waals surface area contributed by atoms with Gasteiger partial charge in [0.15, 0.2) is 5.96 Å². The summed E-state index contributed by atoms with van der Waals surface area (Å²) < 4.78 is 0.635. The van der Waals surface area contributed by atoms with Crippen molar-refractivity contribution in [3.63, 3.8) is 0 Å². The van der Waals surface area contributed by atoms with Crippen molar-refractivity contribution < 1.29 is 5.11 Å². The van der Waals surface area contributed by atoms with Gasteiger partial charge in [0.1, 0.15) is 5.75 Å². The number of aliphatic imine (C=N–C) groups is 1. The standard InChI is InChI=1S/C8H10BrN3O.HI/c9-6-3-5(1-2-7(6)13)4-12-8(10)11;/h1-3,13H,4H2,(H4,10,11,12);1H. The molecule has 0 amide bonds. The molecule has 14 heavy (non-hydrogen) atoms. The average Bonchev–Trinajstić information content (AvgIpc) is 2.07. The molecule has 0 aliphatic heterocycles. The molecule has 0 saturated heterocycles. The summed E-state index contributed by atoms with van der Waals surface area (Å²) in [5.74, 6) is 0.262. The van der Waals surface area contributed by atoms with E-state index < -0.39 is 0 Å². The molecule has 1 aromatic rings. The zero-order valence-corrected chi connectivity index (χ0v) is 11.2. The lowest BCUT2D eigenvalue weighted by Gasteiger charge is -2.00. The topological polar surface area (TPSA) is 84.6 Å². The van der Waals surface area contributed by atoms with E-state index in [9.17, 15) is 5.11 Å². The van der Waals surface area contributed by atoms with Crippen molar-refractivity contribution in [2.45, 2.75) is 6.54 Å². The van der Waals surface area contributed by atoms with Gasteiger partial charge in [-0.25, -0.2) is 4.99 Å². The number of nitrogens with zero attached hydrogens (tertiary/aromatic N) is 1. The summed E-state index contributed by atoms with van der Waals surface area (Å²) in [4.78, 5) is 3.84. The maximum atomic E-state index is 9.19. The lowest BCUT2D eigenvalue weighted by Crippen LogP contribution is -2.22. The molecular weight excluding hydrogens is 361 g/mol. The minimum atomic E-state index is 0. The Morgan fingerprint density at radius 1 is 1.43 bits per heavy atom. The molecule has 0 saturated carbocycles. The van der Waals surface area contributed by atoms with Crippen LogP contribution in [0.25, 0.3) is 0 Å². The molecule has 0 fully saturated rings. The van der Waals surface area contributed by atoms with Crippen molar-refractivity contribution >= 4 is 45.9 Å². The molecule has 1 aromatic carbocycles.